The third kappa shape index (κ3) is 4.95. The van der Waals surface area contributed by atoms with Gasteiger partial charge < -0.3 is 15.5 Å². The van der Waals surface area contributed by atoms with Crippen molar-refractivity contribution in [2.45, 2.75) is 65.5 Å². The Morgan fingerprint density at radius 3 is 2.59 bits per heavy atom. The molecule has 3 unspecified atom stereocenters. The van der Waals surface area contributed by atoms with E-state index < -0.39 is 0 Å². The fraction of sp³-hybridized carbons (Fsp3) is 0.944. The Labute approximate surface area is 136 Å². The predicted octanol–water partition coefficient (Wildman–Crippen LogP) is 2.25. The number of rotatable bonds is 7. The van der Waals surface area contributed by atoms with Gasteiger partial charge in [0.05, 0.1) is 0 Å². The summed E-state index contributed by atoms with van der Waals surface area (Å²) in [7, 11) is 0. The van der Waals surface area contributed by atoms with E-state index in [1.54, 1.807) is 0 Å². The number of nitrogens with one attached hydrogen (secondary N) is 2. The third-order valence-electron chi connectivity index (χ3n) is 5.11. The fourth-order valence-corrected chi connectivity index (χ4v) is 3.59. The number of nitrogens with zero attached hydrogens (tertiary/aromatic N) is 1. The van der Waals surface area contributed by atoms with E-state index in [9.17, 15) is 4.79 Å². The topological polar surface area (TPSA) is 44.4 Å². The Morgan fingerprint density at radius 2 is 2.00 bits per heavy atom. The highest BCUT2D eigenvalue weighted by Gasteiger charge is 2.39. The maximum Gasteiger partial charge on any atom is 0.222 e. The zero-order valence-corrected chi connectivity index (χ0v) is 14.9. The first-order valence-electron chi connectivity index (χ1n) is 9.22. The van der Waals surface area contributed by atoms with Crippen LogP contribution in [0, 0.1) is 17.8 Å². The standard InChI is InChI=1S/C18H35N3O/c1-13(2)7-8-19-16-6-5-15(16)17-12-21(10-9-20-17)18(22)11-14(3)4/h13-17,19-20H,5-12H2,1-4H3. The lowest BCUT2D eigenvalue weighted by Crippen LogP contribution is -2.61. The van der Waals surface area contributed by atoms with Crippen molar-refractivity contribution in [3.63, 3.8) is 0 Å². The monoisotopic (exact) mass is 309 g/mol. The molecule has 0 bridgehead atoms. The number of carbonyl (C=O) groups is 1. The van der Waals surface area contributed by atoms with Crippen molar-refractivity contribution >= 4 is 5.91 Å². The molecule has 1 aliphatic carbocycles. The van der Waals surface area contributed by atoms with Crippen molar-refractivity contribution in [3.05, 3.63) is 0 Å². The van der Waals surface area contributed by atoms with E-state index in [0.29, 0.717) is 36.2 Å². The number of amides is 1. The molecule has 1 saturated heterocycles. The molecule has 0 aromatic heterocycles. The highest BCUT2D eigenvalue weighted by atomic mass is 16.2. The summed E-state index contributed by atoms with van der Waals surface area (Å²) in [6.07, 6.45) is 4.53. The average Bonchev–Trinajstić information content (AvgIpc) is 2.41. The molecule has 0 radical (unpaired) electrons. The number of carbonyl (C=O) groups excluding carboxylic acids is 1. The minimum absolute atomic E-state index is 0.338. The van der Waals surface area contributed by atoms with Crippen molar-refractivity contribution in [1.82, 2.24) is 15.5 Å². The van der Waals surface area contributed by atoms with Crippen LogP contribution in [0.4, 0.5) is 0 Å². The summed E-state index contributed by atoms with van der Waals surface area (Å²) in [4.78, 5) is 14.4. The zero-order chi connectivity index (χ0) is 16.1. The largest absolute Gasteiger partial charge is 0.340 e. The first kappa shape index (κ1) is 17.7. The van der Waals surface area contributed by atoms with Gasteiger partial charge in [0.25, 0.3) is 0 Å². The van der Waals surface area contributed by atoms with Crippen LogP contribution in [-0.4, -0.2) is 49.1 Å². The number of hydrogen-bond acceptors (Lipinski definition) is 3. The summed E-state index contributed by atoms with van der Waals surface area (Å²) < 4.78 is 0. The van der Waals surface area contributed by atoms with E-state index in [0.717, 1.165) is 32.1 Å². The highest BCUT2D eigenvalue weighted by Crippen LogP contribution is 2.32. The van der Waals surface area contributed by atoms with Gasteiger partial charge in [0, 0.05) is 38.1 Å². The fourth-order valence-electron chi connectivity index (χ4n) is 3.59. The molecule has 0 spiro atoms. The summed E-state index contributed by atoms with van der Waals surface area (Å²) in [6, 6.07) is 1.13. The van der Waals surface area contributed by atoms with Crippen LogP contribution in [0.25, 0.3) is 0 Å². The van der Waals surface area contributed by atoms with Gasteiger partial charge in [-0.15, -0.1) is 0 Å². The van der Waals surface area contributed by atoms with Crippen LogP contribution < -0.4 is 10.6 Å². The van der Waals surface area contributed by atoms with E-state index in [1.807, 2.05) is 0 Å². The van der Waals surface area contributed by atoms with E-state index in [-0.39, 0.29) is 0 Å². The predicted molar refractivity (Wildman–Crippen MR) is 91.8 cm³/mol. The van der Waals surface area contributed by atoms with E-state index in [4.69, 9.17) is 0 Å². The molecule has 4 heteroatoms. The van der Waals surface area contributed by atoms with Gasteiger partial charge in [-0.25, -0.2) is 0 Å². The minimum Gasteiger partial charge on any atom is -0.340 e. The summed E-state index contributed by atoms with van der Waals surface area (Å²) in [5.41, 5.74) is 0. The molecule has 1 aliphatic heterocycles. The quantitative estimate of drug-likeness (QED) is 0.758. The Morgan fingerprint density at radius 1 is 1.23 bits per heavy atom. The molecule has 128 valence electrons. The molecule has 2 rings (SSSR count). The lowest BCUT2D eigenvalue weighted by Gasteiger charge is -2.46. The highest BCUT2D eigenvalue weighted by molar-refractivity contribution is 5.76. The van der Waals surface area contributed by atoms with Crippen molar-refractivity contribution in [2.24, 2.45) is 17.8 Å². The third-order valence-corrected chi connectivity index (χ3v) is 5.11. The number of piperazine rings is 1. The van der Waals surface area contributed by atoms with Gasteiger partial charge in [-0.2, -0.15) is 0 Å². The molecule has 3 atom stereocenters. The second kappa shape index (κ2) is 8.30. The smallest absolute Gasteiger partial charge is 0.222 e. The molecule has 1 saturated carbocycles. The van der Waals surface area contributed by atoms with Crippen LogP contribution in [0.1, 0.15) is 53.4 Å². The summed E-state index contributed by atoms with van der Waals surface area (Å²) in [5.74, 6) is 2.25. The summed E-state index contributed by atoms with van der Waals surface area (Å²) in [5, 5.41) is 7.39. The first-order chi connectivity index (χ1) is 10.5. The van der Waals surface area contributed by atoms with Crippen molar-refractivity contribution in [2.75, 3.05) is 26.2 Å². The van der Waals surface area contributed by atoms with E-state index in [1.165, 1.54) is 19.3 Å². The van der Waals surface area contributed by atoms with E-state index >= 15 is 0 Å². The molecule has 2 aliphatic rings. The van der Waals surface area contributed by atoms with Gasteiger partial charge in [-0.1, -0.05) is 27.7 Å². The van der Waals surface area contributed by atoms with Crippen LogP contribution in [0.3, 0.4) is 0 Å². The Hall–Kier alpha value is -0.610. The van der Waals surface area contributed by atoms with Crippen LogP contribution >= 0.6 is 0 Å². The van der Waals surface area contributed by atoms with Crippen molar-refractivity contribution < 1.29 is 4.79 Å². The molecule has 0 aromatic rings. The van der Waals surface area contributed by atoms with Gasteiger partial charge in [-0.3, -0.25) is 4.79 Å². The SMILES string of the molecule is CC(C)CCNC1CCC1C1CN(C(=O)CC(C)C)CCN1. The van der Waals surface area contributed by atoms with Gasteiger partial charge >= 0.3 is 0 Å². The first-order valence-corrected chi connectivity index (χ1v) is 9.22. The molecule has 2 N–H and O–H groups in total. The van der Waals surface area contributed by atoms with Crippen LogP contribution in [-0.2, 0) is 4.79 Å². The minimum atomic E-state index is 0.338. The number of hydrogen-bond donors (Lipinski definition) is 2. The molecule has 1 heterocycles. The van der Waals surface area contributed by atoms with Crippen LogP contribution in [0.15, 0.2) is 0 Å². The Bertz CT molecular complexity index is 356. The molecule has 22 heavy (non-hydrogen) atoms. The van der Waals surface area contributed by atoms with Crippen LogP contribution in [0.5, 0.6) is 0 Å². The van der Waals surface area contributed by atoms with Crippen molar-refractivity contribution in [1.29, 1.82) is 0 Å². The molecule has 1 amide bonds. The second-order valence-electron chi connectivity index (χ2n) is 7.98. The van der Waals surface area contributed by atoms with Gasteiger partial charge in [-0.05, 0) is 43.6 Å². The lowest BCUT2D eigenvalue weighted by molar-refractivity contribution is -0.133. The molecule has 0 aromatic carbocycles. The summed E-state index contributed by atoms with van der Waals surface area (Å²) in [6.45, 7) is 12.7. The Kier molecular flexibility index (Phi) is 6.69. The molecule has 2 fully saturated rings. The average molecular weight is 309 g/mol. The normalized spacial score (nSPS) is 29.0. The zero-order valence-electron chi connectivity index (χ0n) is 14.9. The molecule has 4 nitrogen and oxygen atoms in total. The van der Waals surface area contributed by atoms with Crippen molar-refractivity contribution in [3.8, 4) is 0 Å². The van der Waals surface area contributed by atoms with E-state index in [2.05, 4.69) is 43.2 Å². The Balaban J connectivity index is 1.78. The van der Waals surface area contributed by atoms with Gasteiger partial charge in [0.2, 0.25) is 5.91 Å². The lowest BCUT2D eigenvalue weighted by atomic mass is 9.74. The maximum absolute atomic E-state index is 12.3. The second-order valence-corrected chi connectivity index (χ2v) is 7.98. The van der Waals surface area contributed by atoms with Crippen LogP contribution in [0.2, 0.25) is 0 Å². The summed E-state index contributed by atoms with van der Waals surface area (Å²) >= 11 is 0. The van der Waals surface area contributed by atoms with Gasteiger partial charge in [0.15, 0.2) is 0 Å². The maximum atomic E-state index is 12.3. The van der Waals surface area contributed by atoms with Gasteiger partial charge in [0.1, 0.15) is 0 Å². The molecular formula is C18H35N3O. The molecular weight excluding hydrogens is 274 g/mol.